The van der Waals surface area contributed by atoms with Crippen LogP contribution in [-0.2, 0) is 9.53 Å². The number of amides is 1. The summed E-state index contributed by atoms with van der Waals surface area (Å²) in [5.74, 6) is -0.135. The molecule has 0 saturated carbocycles. The first-order chi connectivity index (χ1) is 11.2. The molecule has 0 fully saturated rings. The van der Waals surface area contributed by atoms with E-state index >= 15 is 0 Å². The third kappa shape index (κ3) is 2.94. The van der Waals surface area contributed by atoms with Crippen molar-refractivity contribution in [1.82, 2.24) is 0 Å². The Kier molecular flexibility index (Phi) is 4.36. The first kappa shape index (κ1) is 15.2. The largest absolute Gasteiger partial charge is 0.364 e. The summed E-state index contributed by atoms with van der Waals surface area (Å²) in [5.41, 5.74) is 5.76. The van der Waals surface area contributed by atoms with Crippen molar-refractivity contribution in [1.29, 1.82) is 0 Å². The predicted octanol–water partition coefficient (Wildman–Crippen LogP) is 2.28. The number of anilines is 2. The lowest BCUT2D eigenvalue weighted by atomic mass is 9.99. The van der Waals surface area contributed by atoms with Gasteiger partial charge in [-0.3, -0.25) is 25.4 Å². The highest BCUT2D eigenvalue weighted by atomic mass is 16.5. The van der Waals surface area contributed by atoms with Gasteiger partial charge < -0.3 is 4.74 Å². The van der Waals surface area contributed by atoms with Gasteiger partial charge in [0.05, 0.1) is 17.1 Å². The zero-order valence-electron chi connectivity index (χ0n) is 12.7. The maximum Gasteiger partial charge on any atom is 0.250 e. The average molecular weight is 311 g/mol. The van der Waals surface area contributed by atoms with Crippen molar-refractivity contribution >= 4 is 23.0 Å². The van der Waals surface area contributed by atoms with Gasteiger partial charge in [-0.05, 0) is 18.2 Å². The zero-order chi connectivity index (χ0) is 16.2. The average Bonchev–Trinajstić information content (AvgIpc) is 2.73. The van der Waals surface area contributed by atoms with Crippen LogP contribution in [0.5, 0.6) is 0 Å². The predicted molar refractivity (Wildman–Crippen MR) is 88.2 cm³/mol. The normalized spacial score (nSPS) is 14.1. The summed E-state index contributed by atoms with van der Waals surface area (Å²) in [7, 11) is 1.54. The molecule has 6 heteroatoms. The van der Waals surface area contributed by atoms with E-state index in [2.05, 4.69) is 10.5 Å². The van der Waals surface area contributed by atoms with Crippen LogP contribution in [0.2, 0.25) is 0 Å². The standard InChI is InChI=1S/C17H17N3O3/c1-23-11-20-15-8-7-13(19-22)9-14(15)17(18-10-16(20)21)12-5-3-2-4-6-12/h2-9,19,22H,10-11H2,1H3. The van der Waals surface area contributed by atoms with E-state index in [1.165, 1.54) is 0 Å². The van der Waals surface area contributed by atoms with E-state index < -0.39 is 0 Å². The van der Waals surface area contributed by atoms with Gasteiger partial charge in [0.15, 0.2) is 0 Å². The molecule has 1 heterocycles. The maximum absolute atomic E-state index is 12.4. The maximum atomic E-state index is 12.4. The van der Waals surface area contributed by atoms with E-state index in [9.17, 15) is 10.0 Å². The third-order valence-corrected chi connectivity index (χ3v) is 3.65. The molecule has 1 aliphatic heterocycles. The van der Waals surface area contributed by atoms with Crippen molar-refractivity contribution in [3.63, 3.8) is 0 Å². The molecular weight excluding hydrogens is 294 g/mol. The molecule has 2 aromatic carbocycles. The topological polar surface area (TPSA) is 74.2 Å². The van der Waals surface area contributed by atoms with Gasteiger partial charge in [-0.2, -0.15) is 0 Å². The van der Waals surface area contributed by atoms with Crippen molar-refractivity contribution in [3.05, 3.63) is 59.7 Å². The van der Waals surface area contributed by atoms with E-state index in [1.807, 2.05) is 30.3 Å². The molecule has 3 rings (SSSR count). The lowest BCUT2D eigenvalue weighted by Gasteiger charge is -2.22. The van der Waals surface area contributed by atoms with Gasteiger partial charge in [-0.15, -0.1) is 0 Å². The third-order valence-electron chi connectivity index (χ3n) is 3.65. The molecule has 1 aliphatic rings. The Morgan fingerprint density at radius 2 is 2.04 bits per heavy atom. The smallest absolute Gasteiger partial charge is 0.250 e. The molecule has 0 atom stereocenters. The fraction of sp³-hybridized carbons (Fsp3) is 0.176. The summed E-state index contributed by atoms with van der Waals surface area (Å²) in [5, 5.41) is 9.19. The van der Waals surface area contributed by atoms with Gasteiger partial charge in [-0.1, -0.05) is 30.3 Å². The van der Waals surface area contributed by atoms with Crippen LogP contribution in [0.15, 0.2) is 53.5 Å². The number of hydrogen-bond donors (Lipinski definition) is 2. The summed E-state index contributed by atoms with van der Waals surface area (Å²) in [6, 6.07) is 14.9. The Labute approximate surface area is 134 Å². The number of carbonyl (C=O) groups is 1. The van der Waals surface area contributed by atoms with Gasteiger partial charge in [-0.25, -0.2) is 0 Å². The lowest BCUT2D eigenvalue weighted by molar-refractivity contribution is -0.118. The van der Waals surface area contributed by atoms with Gasteiger partial charge in [0, 0.05) is 18.2 Å². The SMILES string of the molecule is COCN1C(=O)CN=C(c2ccccc2)c2cc(NO)ccc21. The summed E-state index contributed by atoms with van der Waals surface area (Å²) in [4.78, 5) is 18.4. The van der Waals surface area contributed by atoms with E-state index in [-0.39, 0.29) is 19.2 Å². The number of hydrogen-bond acceptors (Lipinski definition) is 5. The highest BCUT2D eigenvalue weighted by Crippen LogP contribution is 2.29. The van der Waals surface area contributed by atoms with Gasteiger partial charge in [0.2, 0.25) is 0 Å². The van der Waals surface area contributed by atoms with Crippen LogP contribution in [-0.4, -0.2) is 37.2 Å². The number of ether oxygens (including phenoxy) is 1. The van der Waals surface area contributed by atoms with E-state index in [0.717, 1.165) is 11.1 Å². The number of nitrogens with one attached hydrogen (secondary N) is 1. The van der Waals surface area contributed by atoms with E-state index in [4.69, 9.17) is 4.74 Å². The van der Waals surface area contributed by atoms with Crippen LogP contribution >= 0.6 is 0 Å². The second kappa shape index (κ2) is 6.60. The van der Waals surface area contributed by atoms with Crippen LogP contribution in [0.4, 0.5) is 11.4 Å². The van der Waals surface area contributed by atoms with Crippen molar-refractivity contribution in [2.45, 2.75) is 0 Å². The molecule has 118 valence electrons. The molecule has 23 heavy (non-hydrogen) atoms. The monoisotopic (exact) mass is 311 g/mol. The number of fused-ring (bicyclic) bond motifs is 1. The highest BCUT2D eigenvalue weighted by Gasteiger charge is 2.25. The molecule has 2 N–H and O–H groups in total. The van der Waals surface area contributed by atoms with E-state index in [1.54, 1.807) is 30.2 Å². The fourth-order valence-electron chi connectivity index (χ4n) is 2.60. The summed E-state index contributed by atoms with van der Waals surface area (Å²) in [6.45, 7) is 0.194. The molecule has 0 unspecified atom stereocenters. The molecule has 0 spiro atoms. The molecular formula is C17H17N3O3. The Hall–Kier alpha value is -2.70. The number of rotatable bonds is 4. The summed E-state index contributed by atoms with van der Waals surface area (Å²) < 4.78 is 5.15. The van der Waals surface area contributed by atoms with Gasteiger partial charge in [0.1, 0.15) is 13.3 Å². The minimum absolute atomic E-state index is 0.0458. The number of benzene rings is 2. The molecule has 0 bridgehead atoms. The molecule has 1 amide bonds. The number of benzodiazepines with no additional fused rings is 1. The summed E-state index contributed by atoms with van der Waals surface area (Å²) >= 11 is 0. The molecule has 0 radical (unpaired) electrons. The van der Waals surface area contributed by atoms with Crippen LogP contribution in [0.25, 0.3) is 0 Å². The quantitative estimate of drug-likeness (QED) is 0.850. The number of nitrogens with zero attached hydrogens (tertiary/aromatic N) is 2. The molecule has 6 nitrogen and oxygen atoms in total. The Morgan fingerprint density at radius 3 is 2.74 bits per heavy atom. The molecule has 0 aliphatic carbocycles. The Morgan fingerprint density at radius 1 is 1.26 bits per heavy atom. The van der Waals surface area contributed by atoms with E-state index in [0.29, 0.717) is 17.1 Å². The zero-order valence-corrected chi connectivity index (χ0v) is 12.7. The molecule has 2 aromatic rings. The van der Waals surface area contributed by atoms with Crippen LogP contribution in [0.3, 0.4) is 0 Å². The minimum Gasteiger partial charge on any atom is -0.364 e. The Bertz CT molecular complexity index is 744. The minimum atomic E-state index is -0.135. The number of carbonyl (C=O) groups excluding carboxylic acids is 1. The van der Waals surface area contributed by atoms with Gasteiger partial charge in [0.25, 0.3) is 5.91 Å². The molecule has 0 aromatic heterocycles. The summed E-state index contributed by atoms with van der Waals surface area (Å²) in [6.07, 6.45) is 0. The molecule has 0 saturated heterocycles. The number of methoxy groups -OCH3 is 1. The van der Waals surface area contributed by atoms with Crippen LogP contribution in [0.1, 0.15) is 11.1 Å². The number of aliphatic imine (C=N–C) groups is 1. The highest BCUT2D eigenvalue weighted by molar-refractivity contribution is 6.19. The fourth-order valence-corrected chi connectivity index (χ4v) is 2.60. The van der Waals surface area contributed by atoms with Crippen molar-refractivity contribution < 1.29 is 14.7 Å². The second-order valence-corrected chi connectivity index (χ2v) is 5.11. The van der Waals surface area contributed by atoms with Crippen molar-refractivity contribution in [2.75, 3.05) is 30.8 Å². The van der Waals surface area contributed by atoms with Gasteiger partial charge >= 0.3 is 0 Å². The first-order valence-electron chi connectivity index (χ1n) is 7.18. The second-order valence-electron chi connectivity index (χ2n) is 5.11. The first-order valence-corrected chi connectivity index (χ1v) is 7.18. The van der Waals surface area contributed by atoms with Crippen molar-refractivity contribution in [3.8, 4) is 0 Å². The van der Waals surface area contributed by atoms with Crippen LogP contribution in [0, 0.1) is 0 Å². The lowest BCUT2D eigenvalue weighted by Crippen LogP contribution is -2.34. The van der Waals surface area contributed by atoms with Crippen molar-refractivity contribution in [2.24, 2.45) is 4.99 Å². The van der Waals surface area contributed by atoms with Crippen LogP contribution < -0.4 is 10.4 Å². The Balaban J connectivity index is 2.18.